The number of nitrogens with two attached hydrogens (primary N) is 1. The molecular weight excluding hydrogens is 212 g/mol. The Labute approximate surface area is 101 Å². The predicted octanol–water partition coefficient (Wildman–Crippen LogP) is 2.05. The van der Waals surface area contributed by atoms with E-state index in [9.17, 15) is 0 Å². The topological polar surface area (TPSA) is 55.9 Å². The lowest BCUT2D eigenvalue weighted by Crippen LogP contribution is -2.01. The van der Waals surface area contributed by atoms with Gasteiger partial charge in [0.15, 0.2) is 0 Å². The van der Waals surface area contributed by atoms with Crippen molar-refractivity contribution in [1.29, 1.82) is 0 Å². The summed E-state index contributed by atoms with van der Waals surface area (Å²) in [6.07, 6.45) is 5.74. The summed E-state index contributed by atoms with van der Waals surface area (Å²) in [4.78, 5) is 4.23. The predicted molar refractivity (Wildman–Crippen MR) is 70.3 cm³/mol. The molecule has 0 aliphatic rings. The first-order valence-electron chi connectivity index (χ1n) is 5.83. The largest absolute Gasteiger partial charge is 0.330 e. The molecule has 0 spiro atoms. The highest BCUT2D eigenvalue weighted by Crippen LogP contribution is 2.16. The second-order valence-corrected chi connectivity index (χ2v) is 4.08. The number of rotatable bonds is 5. The van der Waals surface area contributed by atoms with Crippen LogP contribution in [0, 0.1) is 0 Å². The highest BCUT2D eigenvalue weighted by molar-refractivity contribution is 5.54. The fourth-order valence-electron chi connectivity index (χ4n) is 1.73. The Bertz CT molecular complexity index is 476. The van der Waals surface area contributed by atoms with Crippen LogP contribution >= 0.6 is 0 Å². The van der Waals surface area contributed by atoms with E-state index in [-0.39, 0.29) is 0 Å². The van der Waals surface area contributed by atoms with Crippen LogP contribution in [0.15, 0.2) is 36.7 Å². The minimum Gasteiger partial charge on any atom is -0.330 e. The van der Waals surface area contributed by atoms with Gasteiger partial charge in [-0.25, -0.2) is 4.98 Å². The summed E-state index contributed by atoms with van der Waals surface area (Å²) in [5.74, 6) is 0.848. The number of aromatic nitrogens is 2. The number of nitrogens with zero attached hydrogens (tertiary/aromatic N) is 2. The molecule has 0 atom stereocenters. The first-order chi connectivity index (χ1) is 8.29. The van der Waals surface area contributed by atoms with Crippen LogP contribution in [0.2, 0.25) is 0 Å². The summed E-state index contributed by atoms with van der Waals surface area (Å²) >= 11 is 0. The minimum absolute atomic E-state index is 0.733. The van der Waals surface area contributed by atoms with Gasteiger partial charge in [-0.2, -0.15) is 0 Å². The van der Waals surface area contributed by atoms with Gasteiger partial charge in [-0.05, 0) is 37.1 Å². The van der Waals surface area contributed by atoms with Crippen molar-refractivity contribution in [1.82, 2.24) is 9.55 Å². The smallest absolute Gasteiger partial charge is 0.207 e. The van der Waals surface area contributed by atoms with Crippen LogP contribution in [-0.2, 0) is 13.5 Å². The van der Waals surface area contributed by atoms with Crippen molar-refractivity contribution in [2.45, 2.75) is 12.8 Å². The first-order valence-corrected chi connectivity index (χ1v) is 5.83. The number of hydrogen-bond donors (Lipinski definition) is 2. The molecule has 2 aromatic rings. The first kappa shape index (κ1) is 11.7. The average Bonchev–Trinajstić information content (AvgIpc) is 2.73. The number of aryl methyl sites for hydroxylation is 2. The molecule has 1 aromatic heterocycles. The Kier molecular flexibility index (Phi) is 3.77. The summed E-state index contributed by atoms with van der Waals surface area (Å²) in [5.41, 5.74) is 7.88. The third kappa shape index (κ3) is 3.07. The summed E-state index contributed by atoms with van der Waals surface area (Å²) in [6, 6.07) is 8.36. The van der Waals surface area contributed by atoms with E-state index in [2.05, 4.69) is 28.5 Å². The standard InChI is InChI=1S/C13H18N4/c1-17-9-8-15-13(17)16-12-6-2-4-11(10-12)5-3-7-14/h2,4,6,8-10H,3,5,7,14H2,1H3,(H,15,16). The van der Waals surface area contributed by atoms with Crippen LogP contribution in [0.5, 0.6) is 0 Å². The summed E-state index contributed by atoms with van der Waals surface area (Å²) in [7, 11) is 1.97. The molecular formula is C13H18N4. The lowest BCUT2D eigenvalue weighted by molar-refractivity contribution is 0.833. The van der Waals surface area contributed by atoms with Gasteiger partial charge in [-0.3, -0.25) is 0 Å². The van der Waals surface area contributed by atoms with Gasteiger partial charge in [0.05, 0.1) is 0 Å². The average molecular weight is 230 g/mol. The van der Waals surface area contributed by atoms with Crippen LogP contribution in [0.25, 0.3) is 0 Å². The Balaban J connectivity index is 2.08. The summed E-state index contributed by atoms with van der Waals surface area (Å²) in [6.45, 7) is 0.733. The molecule has 0 aliphatic heterocycles. The Morgan fingerprint density at radius 1 is 1.41 bits per heavy atom. The number of hydrogen-bond acceptors (Lipinski definition) is 3. The van der Waals surface area contributed by atoms with E-state index in [1.165, 1.54) is 5.56 Å². The molecule has 0 amide bonds. The maximum Gasteiger partial charge on any atom is 0.207 e. The molecule has 1 heterocycles. The zero-order chi connectivity index (χ0) is 12.1. The van der Waals surface area contributed by atoms with E-state index >= 15 is 0 Å². The molecule has 17 heavy (non-hydrogen) atoms. The van der Waals surface area contributed by atoms with Crippen LogP contribution in [-0.4, -0.2) is 16.1 Å². The van der Waals surface area contributed by atoms with Crippen LogP contribution in [0.4, 0.5) is 11.6 Å². The van der Waals surface area contributed by atoms with Crippen molar-refractivity contribution in [3.8, 4) is 0 Å². The molecule has 0 saturated heterocycles. The lowest BCUT2D eigenvalue weighted by Gasteiger charge is -2.07. The fourth-order valence-corrected chi connectivity index (χ4v) is 1.73. The van der Waals surface area contributed by atoms with Crippen molar-refractivity contribution < 1.29 is 0 Å². The summed E-state index contributed by atoms with van der Waals surface area (Å²) in [5, 5.41) is 3.29. The molecule has 1 aromatic carbocycles. The minimum atomic E-state index is 0.733. The molecule has 0 unspecified atom stereocenters. The highest BCUT2D eigenvalue weighted by Gasteiger charge is 2.00. The maximum absolute atomic E-state index is 5.51. The van der Waals surface area contributed by atoms with Gasteiger partial charge in [0, 0.05) is 25.1 Å². The zero-order valence-electron chi connectivity index (χ0n) is 10.1. The molecule has 0 fully saturated rings. The third-order valence-electron chi connectivity index (χ3n) is 2.67. The number of anilines is 2. The molecule has 90 valence electrons. The second kappa shape index (κ2) is 5.50. The molecule has 0 saturated carbocycles. The number of benzene rings is 1. The van der Waals surface area contributed by atoms with Gasteiger partial charge < -0.3 is 15.6 Å². The van der Waals surface area contributed by atoms with Crippen LogP contribution < -0.4 is 11.1 Å². The van der Waals surface area contributed by atoms with Crippen molar-refractivity contribution in [3.05, 3.63) is 42.2 Å². The van der Waals surface area contributed by atoms with Gasteiger partial charge in [0.25, 0.3) is 0 Å². The molecule has 4 nitrogen and oxygen atoms in total. The lowest BCUT2D eigenvalue weighted by atomic mass is 10.1. The van der Waals surface area contributed by atoms with E-state index in [4.69, 9.17) is 5.73 Å². The fraction of sp³-hybridized carbons (Fsp3) is 0.308. The van der Waals surface area contributed by atoms with Crippen LogP contribution in [0.3, 0.4) is 0 Å². The van der Waals surface area contributed by atoms with Crippen molar-refractivity contribution in [3.63, 3.8) is 0 Å². The van der Waals surface area contributed by atoms with E-state index in [1.807, 2.05) is 23.9 Å². The SMILES string of the molecule is Cn1ccnc1Nc1cccc(CCCN)c1. The highest BCUT2D eigenvalue weighted by atomic mass is 15.2. The normalized spacial score (nSPS) is 10.5. The van der Waals surface area contributed by atoms with E-state index in [0.29, 0.717) is 0 Å². The van der Waals surface area contributed by atoms with Gasteiger partial charge in [0.2, 0.25) is 5.95 Å². The number of imidazole rings is 1. The number of nitrogens with one attached hydrogen (secondary N) is 1. The third-order valence-corrected chi connectivity index (χ3v) is 2.67. The van der Waals surface area contributed by atoms with Crippen LogP contribution in [0.1, 0.15) is 12.0 Å². The Morgan fingerprint density at radius 3 is 3.00 bits per heavy atom. The monoisotopic (exact) mass is 230 g/mol. The Morgan fingerprint density at radius 2 is 2.29 bits per heavy atom. The van der Waals surface area contributed by atoms with E-state index in [0.717, 1.165) is 31.0 Å². The molecule has 0 bridgehead atoms. The van der Waals surface area contributed by atoms with E-state index in [1.54, 1.807) is 6.20 Å². The molecule has 3 N–H and O–H groups in total. The van der Waals surface area contributed by atoms with Crippen molar-refractivity contribution in [2.75, 3.05) is 11.9 Å². The molecule has 4 heteroatoms. The van der Waals surface area contributed by atoms with Gasteiger partial charge in [0.1, 0.15) is 0 Å². The Hall–Kier alpha value is -1.81. The van der Waals surface area contributed by atoms with Crippen molar-refractivity contribution >= 4 is 11.6 Å². The van der Waals surface area contributed by atoms with Gasteiger partial charge in [-0.15, -0.1) is 0 Å². The second-order valence-electron chi connectivity index (χ2n) is 4.08. The van der Waals surface area contributed by atoms with Crippen molar-refractivity contribution in [2.24, 2.45) is 12.8 Å². The molecule has 0 aliphatic carbocycles. The molecule has 0 radical (unpaired) electrons. The van der Waals surface area contributed by atoms with E-state index < -0.39 is 0 Å². The quantitative estimate of drug-likeness (QED) is 0.826. The molecule has 2 rings (SSSR count). The van der Waals surface area contributed by atoms with Gasteiger partial charge >= 0.3 is 0 Å². The zero-order valence-corrected chi connectivity index (χ0v) is 10.1. The summed E-state index contributed by atoms with van der Waals surface area (Å²) < 4.78 is 1.95. The maximum atomic E-state index is 5.51. The van der Waals surface area contributed by atoms with Gasteiger partial charge in [-0.1, -0.05) is 12.1 Å².